The summed E-state index contributed by atoms with van der Waals surface area (Å²) >= 11 is 0. The van der Waals surface area contributed by atoms with Crippen molar-refractivity contribution in [3.8, 4) is 0 Å². The van der Waals surface area contributed by atoms with Gasteiger partial charge in [0.1, 0.15) is 6.23 Å². The topological polar surface area (TPSA) is 63.7 Å². The molecular formula is C17H23NO4S. The molecule has 5 nitrogen and oxygen atoms in total. The van der Waals surface area contributed by atoms with Gasteiger partial charge in [-0.05, 0) is 18.1 Å². The number of amides is 1. The van der Waals surface area contributed by atoms with Crippen LogP contribution >= 0.6 is 0 Å². The Morgan fingerprint density at radius 2 is 2.09 bits per heavy atom. The predicted molar refractivity (Wildman–Crippen MR) is 89.1 cm³/mol. The van der Waals surface area contributed by atoms with E-state index in [2.05, 4.69) is 13.5 Å². The zero-order valence-electron chi connectivity index (χ0n) is 13.4. The van der Waals surface area contributed by atoms with E-state index in [4.69, 9.17) is 4.74 Å². The molecule has 0 aromatic heterocycles. The minimum atomic E-state index is -3.93. The van der Waals surface area contributed by atoms with Gasteiger partial charge >= 0.3 is 0 Å². The van der Waals surface area contributed by atoms with Crippen LogP contribution in [0, 0.1) is 0 Å². The first-order chi connectivity index (χ1) is 11.0. The van der Waals surface area contributed by atoms with Crippen LogP contribution < -0.4 is 0 Å². The van der Waals surface area contributed by atoms with Crippen LogP contribution in [0.15, 0.2) is 35.7 Å². The van der Waals surface area contributed by atoms with Crippen molar-refractivity contribution in [2.75, 3.05) is 6.61 Å². The molecule has 2 rings (SSSR count). The highest BCUT2D eigenvalue weighted by Gasteiger charge is 2.41. The van der Waals surface area contributed by atoms with Gasteiger partial charge in [-0.2, -0.15) is 0 Å². The predicted octanol–water partition coefficient (Wildman–Crippen LogP) is 3.17. The standard InChI is InChI=1S/C17H23NO4S/c1-3-5-8-13-22-17-12-11-16(19)18(17)23(20,21)15-10-7-6-9-14(15)4-2/h4,6-7,9-10,17H,2-3,5,8,11-13H2,1H3. The molecule has 1 heterocycles. The molecule has 0 N–H and O–H groups in total. The number of sulfonamides is 1. The van der Waals surface area contributed by atoms with Crippen molar-refractivity contribution >= 4 is 22.0 Å². The van der Waals surface area contributed by atoms with Crippen molar-refractivity contribution in [3.05, 3.63) is 36.4 Å². The Morgan fingerprint density at radius 3 is 2.78 bits per heavy atom. The van der Waals surface area contributed by atoms with E-state index in [0.717, 1.165) is 23.6 Å². The summed E-state index contributed by atoms with van der Waals surface area (Å²) in [5.41, 5.74) is 0.483. The molecule has 1 atom stereocenters. The highest BCUT2D eigenvalue weighted by Crippen LogP contribution is 2.30. The average Bonchev–Trinajstić information content (AvgIpc) is 2.93. The van der Waals surface area contributed by atoms with Gasteiger partial charge in [0.2, 0.25) is 5.91 Å². The summed E-state index contributed by atoms with van der Waals surface area (Å²) in [5, 5.41) is 0. The van der Waals surface area contributed by atoms with Gasteiger partial charge in [0.15, 0.2) is 0 Å². The van der Waals surface area contributed by atoms with Crippen molar-refractivity contribution in [1.82, 2.24) is 4.31 Å². The highest BCUT2D eigenvalue weighted by molar-refractivity contribution is 7.89. The summed E-state index contributed by atoms with van der Waals surface area (Å²) in [4.78, 5) is 12.2. The summed E-state index contributed by atoms with van der Waals surface area (Å²) in [7, 11) is -3.93. The number of benzene rings is 1. The zero-order valence-corrected chi connectivity index (χ0v) is 14.2. The Hall–Kier alpha value is -1.66. The third-order valence-corrected chi connectivity index (χ3v) is 5.73. The van der Waals surface area contributed by atoms with E-state index in [-0.39, 0.29) is 11.3 Å². The van der Waals surface area contributed by atoms with Crippen molar-refractivity contribution in [2.45, 2.75) is 50.2 Å². The molecule has 0 bridgehead atoms. The van der Waals surface area contributed by atoms with Crippen LogP contribution in [0.3, 0.4) is 0 Å². The second kappa shape index (κ2) is 7.75. The number of hydrogen-bond donors (Lipinski definition) is 0. The number of nitrogens with zero attached hydrogens (tertiary/aromatic N) is 1. The van der Waals surface area contributed by atoms with Crippen molar-refractivity contribution in [3.63, 3.8) is 0 Å². The monoisotopic (exact) mass is 337 g/mol. The molecule has 1 aliphatic heterocycles. The fraction of sp³-hybridized carbons (Fsp3) is 0.471. The number of hydrogen-bond acceptors (Lipinski definition) is 4. The van der Waals surface area contributed by atoms with Crippen LogP contribution in [-0.4, -0.2) is 31.5 Å². The van der Waals surface area contributed by atoms with E-state index in [0.29, 0.717) is 18.6 Å². The van der Waals surface area contributed by atoms with E-state index in [1.54, 1.807) is 18.2 Å². The second-order valence-electron chi connectivity index (χ2n) is 5.51. The third kappa shape index (κ3) is 3.82. The molecule has 1 unspecified atom stereocenters. The van der Waals surface area contributed by atoms with E-state index in [9.17, 15) is 13.2 Å². The number of carbonyl (C=O) groups is 1. The lowest BCUT2D eigenvalue weighted by atomic mass is 10.2. The Kier molecular flexibility index (Phi) is 5.96. The molecule has 1 aliphatic rings. The Morgan fingerprint density at radius 1 is 1.35 bits per heavy atom. The van der Waals surface area contributed by atoms with Crippen LogP contribution in [0.2, 0.25) is 0 Å². The van der Waals surface area contributed by atoms with E-state index in [1.165, 1.54) is 12.1 Å². The molecule has 0 spiro atoms. The summed E-state index contributed by atoms with van der Waals surface area (Å²) in [6.07, 6.45) is 4.30. The second-order valence-corrected chi connectivity index (χ2v) is 7.29. The molecule has 0 aliphatic carbocycles. The average molecular weight is 337 g/mol. The van der Waals surface area contributed by atoms with Gasteiger partial charge in [0.25, 0.3) is 10.0 Å². The van der Waals surface area contributed by atoms with Gasteiger partial charge < -0.3 is 4.74 Å². The quantitative estimate of drug-likeness (QED) is 0.684. The van der Waals surface area contributed by atoms with Crippen molar-refractivity contribution in [1.29, 1.82) is 0 Å². The van der Waals surface area contributed by atoms with Gasteiger partial charge in [-0.15, -0.1) is 0 Å². The number of unbranched alkanes of at least 4 members (excludes halogenated alkanes) is 2. The highest BCUT2D eigenvalue weighted by atomic mass is 32.2. The zero-order chi connectivity index (χ0) is 16.9. The largest absolute Gasteiger partial charge is 0.357 e. The number of carbonyl (C=O) groups excluding carboxylic acids is 1. The molecule has 6 heteroatoms. The molecule has 1 aromatic rings. The summed E-state index contributed by atoms with van der Waals surface area (Å²) in [6, 6.07) is 6.53. The first-order valence-corrected chi connectivity index (χ1v) is 9.36. The molecule has 1 fully saturated rings. The molecule has 0 saturated carbocycles. The van der Waals surface area contributed by atoms with E-state index < -0.39 is 22.2 Å². The van der Waals surface area contributed by atoms with Crippen LogP contribution in [-0.2, 0) is 19.6 Å². The third-order valence-electron chi connectivity index (χ3n) is 3.85. The molecule has 0 radical (unpaired) electrons. The van der Waals surface area contributed by atoms with Crippen molar-refractivity contribution in [2.24, 2.45) is 0 Å². The molecule has 1 aromatic carbocycles. The van der Waals surface area contributed by atoms with Gasteiger partial charge in [-0.3, -0.25) is 4.79 Å². The number of ether oxygens (including phenoxy) is 1. The summed E-state index contributed by atoms with van der Waals surface area (Å²) < 4.78 is 32.4. The Bertz CT molecular complexity index is 669. The molecule has 23 heavy (non-hydrogen) atoms. The maximum absolute atomic E-state index is 12.9. The minimum absolute atomic E-state index is 0.0902. The van der Waals surface area contributed by atoms with Crippen LogP contribution in [0.1, 0.15) is 44.6 Å². The van der Waals surface area contributed by atoms with Gasteiger partial charge in [-0.25, -0.2) is 12.7 Å². The van der Waals surface area contributed by atoms with Crippen molar-refractivity contribution < 1.29 is 17.9 Å². The molecule has 1 saturated heterocycles. The van der Waals surface area contributed by atoms with E-state index in [1.807, 2.05) is 0 Å². The molecule has 126 valence electrons. The van der Waals surface area contributed by atoms with Crippen LogP contribution in [0.4, 0.5) is 0 Å². The first kappa shape index (κ1) is 17.7. The van der Waals surface area contributed by atoms with Crippen LogP contribution in [0.25, 0.3) is 6.08 Å². The van der Waals surface area contributed by atoms with Gasteiger partial charge in [-0.1, -0.05) is 50.6 Å². The van der Waals surface area contributed by atoms with Crippen LogP contribution in [0.5, 0.6) is 0 Å². The maximum atomic E-state index is 12.9. The number of rotatable bonds is 8. The maximum Gasteiger partial charge on any atom is 0.269 e. The first-order valence-electron chi connectivity index (χ1n) is 7.92. The van der Waals surface area contributed by atoms with Gasteiger partial charge in [0, 0.05) is 19.4 Å². The lowest BCUT2D eigenvalue weighted by Crippen LogP contribution is -2.40. The minimum Gasteiger partial charge on any atom is -0.357 e. The fourth-order valence-electron chi connectivity index (χ4n) is 2.64. The molecular weight excluding hydrogens is 314 g/mol. The summed E-state index contributed by atoms with van der Waals surface area (Å²) in [5.74, 6) is -0.413. The van der Waals surface area contributed by atoms with E-state index >= 15 is 0 Å². The lowest BCUT2D eigenvalue weighted by Gasteiger charge is -2.25. The van der Waals surface area contributed by atoms with Gasteiger partial charge in [0.05, 0.1) is 4.90 Å². The Balaban J connectivity index is 2.25. The lowest BCUT2D eigenvalue weighted by molar-refractivity contribution is -0.128. The normalized spacial score (nSPS) is 18.4. The fourth-order valence-corrected chi connectivity index (χ4v) is 4.38. The summed E-state index contributed by atoms with van der Waals surface area (Å²) in [6.45, 7) is 6.19. The Labute approximate surface area is 138 Å². The SMILES string of the molecule is C=Cc1ccccc1S(=O)(=O)N1C(=O)CCC1OCCCCC. The molecule has 1 amide bonds. The smallest absolute Gasteiger partial charge is 0.269 e.